The maximum Gasteiger partial charge on any atom is 0.0914 e. The quantitative estimate of drug-likeness (QED) is 0.752. The van der Waals surface area contributed by atoms with Crippen LogP contribution in [0.15, 0.2) is 16.6 Å². The molecule has 0 radical (unpaired) electrons. The average Bonchev–Trinajstić information content (AvgIpc) is 2.42. The second-order valence-corrected chi connectivity index (χ2v) is 6.52. The van der Waals surface area contributed by atoms with Gasteiger partial charge in [0.05, 0.1) is 26.4 Å². The number of benzene rings is 1. The molecule has 1 aliphatic rings. The number of hydrogen-bond donors (Lipinski definition) is 1. The highest BCUT2D eigenvalue weighted by Gasteiger charge is 2.20. The molecular weight excluding hydrogens is 396 g/mol. The molecule has 114 valence electrons. The molecule has 0 unspecified atom stereocenters. The van der Waals surface area contributed by atoms with Gasteiger partial charge < -0.3 is 10.2 Å². The number of nitrogens with zero attached hydrogens (tertiary/aromatic N) is 2. The molecule has 3 rings (SSSR count). The van der Waals surface area contributed by atoms with Crippen molar-refractivity contribution in [3.05, 3.63) is 32.3 Å². The van der Waals surface area contributed by atoms with Crippen molar-refractivity contribution in [1.29, 1.82) is 0 Å². The lowest BCUT2D eigenvalue weighted by atomic mass is 10.1. The van der Waals surface area contributed by atoms with Crippen LogP contribution < -0.4 is 10.2 Å². The third-order valence-corrected chi connectivity index (χ3v) is 4.98. The molecule has 0 bridgehead atoms. The minimum atomic E-state index is 0. The van der Waals surface area contributed by atoms with E-state index in [0.29, 0.717) is 10.0 Å². The molecule has 0 amide bonds. The Morgan fingerprint density at radius 2 is 1.90 bits per heavy atom. The Hall–Kier alpha value is -0.260. The van der Waals surface area contributed by atoms with E-state index in [9.17, 15) is 0 Å². The summed E-state index contributed by atoms with van der Waals surface area (Å²) in [6.07, 6.45) is 0. The first-order valence-electron chi connectivity index (χ1n) is 6.48. The Morgan fingerprint density at radius 1 is 1.24 bits per heavy atom. The van der Waals surface area contributed by atoms with Crippen LogP contribution in [0.4, 0.5) is 5.69 Å². The van der Waals surface area contributed by atoms with E-state index in [1.807, 2.05) is 13.0 Å². The van der Waals surface area contributed by atoms with Crippen molar-refractivity contribution in [2.45, 2.75) is 6.92 Å². The number of rotatable bonds is 1. The van der Waals surface area contributed by atoms with E-state index in [1.54, 1.807) is 6.07 Å². The minimum Gasteiger partial charge on any atom is -0.367 e. The molecule has 0 saturated carbocycles. The number of aryl methyl sites for hydroxylation is 1. The first kappa shape index (κ1) is 17.1. The first-order chi connectivity index (χ1) is 9.58. The molecule has 3 nitrogen and oxygen atoms in total. The lowest BCUT2D eigenvalue weighted by molar-refractivity contribution is 0.589. The van der Waals surface area contributed by atoms with Crippen molar-refractivity contribution in [3.8, 4) is 0 Å². The second kappa shape index (κ2) is 6.88. The largest absolute Gasteiger partial charge is 0.367 e. The zero-order chi connectivity index (χ0) is 14.3. The van der Waals surface area contributed by atoms with E-state index in [4.69, 9.17) is 23.2 Å². The summed E-state index contributed by atoms with van der Waals surface area (Å²) >= 11 is 16.1. The molecule has 0 atom stereocenters. The zero-order valence-corrected chi connectivity index (χ0v) is 15.3. The van der Waals surface area contributed by atoms with Crippen molar-refractivity contribution in [1.82, 2.24) is 10.3 Å². The second-order valence-electron chi connectivity index (χ2n) is 4.88. The molecule has 7 heteroatoms. The van der Waals surface area contributed by atoms with Crippen molar-refractivity contribution in [3.63, 3.8) is 0 Å². The third kappa shape index (κ3) is 3.25. The molecule has 0 spiro atoms. The highest BCUT2D eigenvalue weighted by atomic mass is 79.9. The summed E-state index contributed by atoms with van der Waals surface area (Å²) in [6, 6.07) is 3.69. The van der Waals surface area contributed by atoms with Crippen LogP contribution in [0.2, 0.25) is 10.0 Å². The standard InChI is InChI=1S/C14H14BrCl2N3.ClH/c1-8-12(15)14(20-4-2-18-3-5-20)10-6-9(16)7-11(17)13(10)19-8;/h6-7,18H,2-5H2,1H3;1H. The fourth-order valence-corrected chi connectivity index (χ4v) is 3.65. The Bertz CT molecular complexity index is 672. The monoisotopic (exact) mass is 409 g/mol. The fraction of sp³-hybridized carbons (Fsp3) is 0.357. The predicted octanol–water partition coefficient (Wildman–Crippen LogP) is 4.44. The Balaban J connectivity index is 0.00000161. The van der Waals surface area contributed by atoms with Crippen LogP contribution in [-0.2, 0) is 0 Å². The van der Waals surface area contributed by atoms with Gasteiger partial charge in [-0.2, -0.15) is 0 Å². The Kier molecular flexibility index (Phi) is 5.60. The van der Waals surface area contributed by atoms with Crippen molar-refractivity contribution in [2.75, 3.05) is 31.1 Å². The maximum atomic E-state index is 6.30. The molecule has 21 heavy (non-hydrogen) atoms. The van der Waals surface area contributed by atoms with E-state index in [2.05, 4.69) is 31.1 Å². The van der Waals surface area contributed by atoms with E-state index in [1.165, 1.54) is 0 Å². The highest BCUT2D eigenvalue weighted by Crippen LogP contribution is 2.39. The summed E-state index contributed by atoms with van der Waals surface area (Å²) in [5.74, 6) is 0. The molecule has 1 N–H and O–H groups in total. The number of anilines is 1. The van der Waals surface area contributed by atoms with Crippen LogP contribution in [0.3, 0.4) is 0 Å². The molecule has 1 aromatic carbocycles. The van der Waals surface area contributed by atoms with E-state index < -0.39 is 0 Å². The highest BCUT2D eigenvalue weighted by molar-refractivity contribution is 9.10. The van der Waals surface area contributed by atoms with E-state index >= 15 is 0 Å². The van der Waals surface area contributed by atoms with E-state index in [-0.39, 0.29) is 12.4 Å². The third-order valence-electron chi connectivity index (χ3n) is 3.52. The SMILES string of the molecule is Cc1nc2c(Cl)cc(Cl)cc2c(N2CCNCC2)c1Br.Cl. The topological polar surface area (TPSA) is 28.2 Å². The van der Waals surface area contributed by atoms with Gasteiger partial charge in [-0.1, -0.05) is 23.2 Å². The van der Waals surface area contributed by atoms with Gasteiger partial charge in [0.2, 0.25) is 0 Å². The van der Waals surface area contributed by atoms with Gasteiger partial charge in [0.15, 0.2) is 0 Å². The van der Waals surface area contributed by atoms with Crippen LogP contribution in [0, 0.1) is 6.92 Å². The van der Waals surface area contributed by atoms with Gasteiger partial charge >= 0.3 is 0 Å². The van der Waals surface area contributed by atoms with Crippen molar-refractivity contribution in [2.24, 2.45) is 0 Å². The van der Waals surface area contributed by atoms with Crippen molar-refractivity contribution < 1.29 is 0 Å². The number of nitrogens with one attached hydrogen (secondary N) is 1. The lowest BCUT2D eigenvalue weighted by Crippen LogP contribution is -2.43. The number of fused-ring (bicyclic) bond motifs is 1. The minimum absolute atomic E-state index is 0. The molecule has 0 aliphatic carbocycles. The average molecular weight is 412 g/mol. The predicted molar refractivity (Wildman–Crippen MR) is 96.5 cm³/mol. The van der Waals surface area contributed by atoms with Crippen molar-refractivity contribution >= 4 is 68.1 Å². The van der Waals surface area contributed by atoms with Gasteiger partial charge in [-0.3, -0.25) is 4.98 Å². The zero-order valence-electron chi connectivity index (χ0n) is 11.4. The molecule has 2 aromatic rings. The summed E-state index contributed by atoms with van der Waals surface area (Å²) < 4.78 is 1.02. The summed E-state index contributed by atoms with van der Waals surface area (Å²) in [5.41, 5.74) is 2.89. The molecule has 1 aromatic heterocycles. The van der Waals surface area contributed by atoms with Crippen LogP contribution in [0.25, 0.3) is 10.9 Å². The van der Waals surface area contributed by atoms with Crippen LogP contribution in [0.1, 0.15) is 5.69 Å². The smallest absolute Gasteiger partial charge is 0.0914 e. The van der Waals surface area contributed by atoms with Crippen LogP contribution in [-0.4, -0.2) is 31.2 Å². The van der Waals surface area contributed by atoms with Gasteiger partial charge in [0.1, 0.15) is 0 Å². The van der Waals surface area contributed by atoms with Gasteiger partial charge in [-0.05, 0) is 35.0 Å². The van der Waals surface area contributed by atoms with Crippen LogP contribution >= 0.6 is 51.5 Å². The Morgan fingerprint density at radius 3 is 2.57 bits per heavy atom. The van der Waals surface area contributed by atoms with Gasteiger partial charge in [-0.15, -0.1) is 12.4 Å². The number of pyridine rings is 1. The molecular formula is C14H15BrCl3N3. The summed E-state index contributed by atoms with van der Waals surface area (Å²) in [4.78, 5) is 6.94. The molecule has 1 aliphatic heterocycles. The number of hydrogen-bond acceptors (Lipinski definition) is 3. The molecule has 2 heterocycles. The first-order valence-corrected chi connectivity index (χ1v) is 8.03. The number of aromatic nitrogens is 1. The maximum absolute atomic E-state index is 6.30. The van der Waals surface area contributed by atoms with Crippen LogP contribution in [0.5, 0.6) is 0 Å². The number of piperazine rings is 1. The van der Waals surface area contributed by atoms with E-state index in [0.717, 1.165) is 52.9 Å². The molecule has 1 saturated heterocycles. The normalized spacial score (nSPS) is 15.1. The van der Waals surface area contributed by atoms with Gasteiger partial charge in [-0.25, -0.2) is 0 Å². The summed E-state index contributed by atoms with van der Waals surface area (Å²) in [6.45, 7) is 5.86. The van der Waals surface area contributed by atoms with Gasteiger partial charge in [0.25, 0.3) is 0 Å². The fourth-order valence-electron chi connectivity index (χ4n) is 2.56. The van der Waals surface area contributed by atoms with Gasteiger partial charge in [0, 0.05) is 36.6 Å². The molecule has 1 fully saturated rings. The summed E-state index contributed by atoms with van der Waals surface area (Å²) in [7, 11) is 0. The summed E-state index contributed by atoms with van der Waals surface area (Å²) in [5, 5.41) is 5.60. The lowest BCUT2D eigenvalue weighted by Gasteiger charge is -2.31. The number of halogens is 4. The Labute approximate surface area is 148 Å².